The lowest BCUT2D eigenvalue weighted by Gasteiger charge is -2.11. The average molecular weight is 276 g/mol. The maximum absolute atomic E-state index is 2.38. The fourth-order valence-electron chi connectivity index (χ4n) is 3.21. The van der Waals surface area contributed by atoms with E-state index in [0.29, 0.717) is 0 Å². The highest BCUT2D eigenvalue weighted by molar-refractivity contribution is 5.98. The molecule has 0 aliphatic heterocycles. The van der Waals surface area contributed by atoms with Gasteiger partial charge in [0.1, 0.15) is 0 Å². The Bertz CT molecular complexity index is 701. The van der Waals surface area contributed by atoms with E-state index in [9.17, 15) is 0 Å². The molecule has 0 saturated carbocycles. The van der Waals surface area contributed by atoms with Crippen molar-refractivity contribution in [2.24, 2.45) is 0 Å². The van der Waals surface area contributed by atoms with E-state index in [1.54, 1.807) is 5.57 Å². The van der Waals surface area contributed by atoms with Crippen LogP contribution in [0.15, 0.2) is 54.1 Å². The zero-order valence-corrected chi connectivity index (χ0v) is 13.2. The van der Waals surface area contributed by atoms with Crippen LogP contribution < -0.4 is 0 Å². The summed E-state index contributed by atoms with van der Waals surface area (Å²) in [6.45, 7) is 4.51. The molecular weight excluding hydrogens is 252 g/mol. The van der Waals surface area contributed by atoms with Gasteiger partial charge in [0.25, 0.3) is 0 Å². The standard InChI is InChI=1S/C21H24/c1-3-5-8-17-13-14-20(18-12-11-16(4-2)15-18)21-10-7-6-9-19(17)21/h6-7,9-10,12-15H,3-5,8,11H2,1-2H3. The molecule has 0 aromatic heterocycles. The summed E-state index contributed by atoms with van der Waals surface area (Å²) in [5.41, 5.74) is 5.85. The van der Waals surface area contributed by atoms with E-state index in [1.165, 1.54) is 46.7 Å². The summed E-state index contributed by atoms with van der Waals surface area (Å²) in [5.74, 6) is 0. The largest absolute Gasteiger partial charge is 0.0726 e. The van der Waals surface area contributed by atoms with Crippen molar-refractivity contribution in [3.05, 3.63) is 65.3 Å². The van der Waals surface area contributed by atoms with Crippen LogP contribution in [0.4, 0.5) is 0 Å². The van der Waals surface area contributed by atoms with Gasteiger partial charge in [0.05, 0.1) is 0 Å². The maximum atomic E-state index is 2.38. The molecule has 0 radical (unpaired) electrons. The normalized spacial score (nSPS) is 14.4. The average Bonchev–Trinajstić information content (AvgIpc) is 3.01. The topological polar surface area (TPSA) is 0 Å². The highest BCUT2D eigenvalue weighted by atomic mass is 14.2. The second kappa shape index (κ2) is 6.30. The number of hydrogen-bond acceptors (Lipinski definition) is 0. The third-order valence-corrected chi connectivity index (χ3v) is 4.52. The van der Waals surface area contributed by atoms with Gasteiger partial charge in [0.15, 0.2) is 0 Å². The number of rotatable bonds is 5. The van der Waals surface area contributed by atoms with Crippen LogP contribution in [-0.4, -0.2) is 0 Å². The summed E-state index contributed by atoms with van der Waals surface area (Å²) in [4.78, 5) is 0. The molecule has 0 unspecified atom stereocenters. The number of unbranched alkanes of at least 4 members (excludes halogenated alkanes) is 1. The van der Waals surface area contributed by atoms with E-state index in [-0.39, 0.29) is 0 Å². The number of fused-ring (bicyclic) bond motifs is 1. The van der Waals surface area contributed by atoms with Gasteiger partial charge in [-0.3, -0.25) is 0 Å². The lowest BCUT2D eigenvalue weighted by atomic mass is 9.93. The Balaban J connectivity index is 2.07. The van der Waals surface area contributed by atoms with E-state index >= 15 is 0 Å². The SMILES string of the molecule is CCCCc1ccc(C2=CCC(CC)=C2)c2ccccc12. The van der Waals surface area contributed by atoms with Crippen molar-refractivity contribution >= 4 is 16.3 Å². The van der Waals surface area contributed by atoms with Crippen LogP contribution >= 0.6 is 0 Å². The molecule has 0 amide bonds. The summed E-state index contributed by atoms with van der Waals surface area (Å²) in [6.07, 6.45) is 10.8. The summed E-state index contributed by atoms with van der Waals surface area (Å²) in [5, 5.41) is 2.84. The maximum Gasteiger partial charge on any atom is -0.0103 e. The van der Waals surface area contributed by atoms with E-state index in [2.05, 4.69) is 62.4 Å². The van der Waals surface area contributed by atoms with E-state index in [1.807, 2.05) is 0 Å². The Morgan fingerprint density at radius 2 is 1.76 bits per heavy atom. The van der Waals surface area contributed by atoms with Gasteiger partial charge in [-0.05, 0) is 53.2 Å². The third kappa shape index (κ3) is 2.81. The lowest BCUT2D eigenvalue weighted by molar-refractivity contribution is 0.799. The van der Waals surface area contributed by atoms with Gasteiger partial charge in [-0.25, -0.2) is 0 Å². The smallest absolute Gasteiger partial charge is 0.0103 e. The summed E-state index contributed by atoms with van der Waals surface area (Å²) >= 11 is 0. The van der Waals surface area contributed by atoms with Crippen molar-refractivity contribution in [1.29, 1.82) is 0 Å². The molecule has 108 valence electrons. The van der Waals surface area contributed by atoms with Gasteiger partial charge in [-0.2, -0.15) is 0 Å². The lowest BCUT2D eigenvalue weighted by Crippen LogP contribution is -1.91. The van der Waals surface area contributed by atoms with Crippen LogP contribution in [0.25, 0.3) is 16.3 Å². The van der Waals surface area contributed by atoms with Gasteiger partial charge >= 0.3 is 0 Å². The van der Waals surface area contributed by atoms with Crippen LogP contribution in [0.3, 0.4) is 0 Å². The van der Waals surface area contributed by atoms with Crippen molar-refractivity contribution in [3.63, 3.8) is 0 Å². The fraction of sp³-hybridized carbons (Fsp3) is 0.333. The summed E-state index contributed by atoms with van der Waals surface area (Å²) in [7, 11) is 0. The fourth-order valence-corrected chi connectivity index (χ4v) is 3.21. The molecule has 0 bridgehead atoms. The number of aryl methyl sites for hydroxylation is 1. The Hall–Kier alpha value is -1.82. The highest BCUT2D eigenvalue weighted by Gasteiger charge is 2.11. The van der Waals surface area contributed by atoms with Crippen molar-refractivity contribution in [2.75, 3.05) is 0 Å². The molecule has 0 heteroatoms. The minimum absolute atomic E-state index is 1.12. The van der Waals surface area contributed by atoms with Crippen molar-refractivity contribution < 1.29 is 0 Å². The van der Waals surface area contributed by atoms with Gasteiger partial charge in [0.2, 0.25) is 0 Å². The minimum Gasteiger partial charge on any atom is -0.0726 e. The number of benzene rings is 2. The first kappa shape index (κ1) is 14.1. The van der Waals surface area contributed by atoms with Crippen LogP contribution in [0.2, 0.25) is 0 Å². The molecule has 0 nitrogen and oxygen atoms in total. The highest BCUT2D eigenvalue weighted by Crippen LogP contribution is 2.34. The molecule has 0 atom stereocenters. The van der Waals surface area contributed by atoms with E-state index in [4.69, 9.17) is 0 Å². The quantitative estimate of drug-likeness (QED) is 0.600. The molecule has 0 spiro atoms. The molecule has 0 heterocycles. The first-order chi connectivity index (χ1) is 10.3. The van der Waals surface area contributed by atoms with Crippen molar-refractivity contribution in [2.45, 2.75) is 46.0 Å². The van der Waals surface area contributed by atoms with Crippen molar-refractivity contribution in [1.82, 2.24) is 0 Å². The molecule has 0 fully saturated rings. The van der Waals surface area contributed by atoms with Crippen LogP contribution in [0.5, 0.6) is 0 Å². The molecule has 21 heavy (non-hydrogen) atoms. The van der Waals surface area contributed by atoms with Gasteiger partial charge < -0.3 is 0 Å². The molecule has 2 aromatic rings. The molecule has 0 N–H and O–H groups in total. The zero-order valence-electron chi connectivity index (χ0n) is 13.2. The molecule has 1 aliphatic carbocycles. The van der Waals surface area contributed by atoms with Gasteiger partial charge in [0, 0.05) is 0 Å². The second-order valence-electron chi connectivity index (χ2n) is 5.94. The predicted molar refractivity (Wildman–Crippen MR) is 93.5 cm³/mol. The third-order valence-electron chi connectivity index (χ3n) is 4.52. The summed E-state index contributed by atoms with van der Waals surface area (Å²) in [6, 6.07) is 13.6. The molecule has 0 saturated heterocycles. The molecule has 1 aliphatic rings. The number of allylic oxidation sites excluding steroid dienone is 4. The van der Waals surface area contributed by atoms with Gasteiger partial charge in [-0.1, -0.05) is 74.4 Å². The molecule has 2 aromatic carbocycles. The minimum atomic E-state index is 1.12. The monoisotopic (exact) mass is 276 g/mol. The van der Waals surface area contributed by atoms with Crippen LogP contribution in [0.1, 0.15) is 50.7 Å². The van der Waals surface area contributed by atoms with Gasteiger partial charge in [-0.15, -0.1) is 0 Å². The second-order valence-corrected chi connectivity index (χ2v) is 5.94. The van der Waals surface area contributed by atoms with Crippen LogP contribution in [-0.2, 0) is 6.42 Å². The first-order valence-electron chi connectivity index (χ1n) is 8.24. The Morgan fingerprint density at radius 3 is 2.48 bits per heavy atom. The predicted octanol–water partition coefficient (Wildman–Crippen LogP) is 6.31. The van der Waals surface area contributed by atoms with Crippen LogP contribution in [0, 0.1) is 0 Å². The van der Waals surface area contributed by atoms with E-state index in [0.717, 1.165) is 12.8 Å². The first-order valence-corrected chi connectivity index (χ1v) is 8.24. The molecule has 3 rings (SSSR count). The van der Waals surface area contributed by atoms with E-state index < -0.39 is 0 Å². The Labute approximate surface area is 128 Å². The summed E-state index contributed by atoms with van der Waals surface area (Å²) < 4.78 is 0. The number of hydrogen-bond donors (Lipinski definition) is 0. The Morgan fingerprint density at radius 1 is 0.952 bits per heavy atom. The van der Waals surface area contributed by atoms with Crippen molar-refractivity contribution in [3.8, 4) is 0 Å². The zero-order chi connectivity index (χ0) is 14.7. The molecular formula is C21H24. The Kier molecular flexibility index (Phi) is 4.24.